The van der Waals surface area contributed by atoms with Crippen LogP contribution in [0.1, 0.15) is 89.5 Å². The summed E-state index contributed by atoms with van der Waals surface area (Å²) in [5, 5.41) is 5.58. The maximum Gasteiger partial charge on any atom is 2.00 e. The minimum atomic E-state index is 0. The van der Waals surface area contributed by atoms with E-state index in [1.165, 1.54) is 105 Å². The summed E-state index contributed by atoms with van der Waals surface area (Å²) in [5.74, 6) is 1.40. The van der Waals surface area contributed by atoms with Crippen molar-refractivity contribution in [1.29, 1.82) is 0 Å². The second kappa shape index (κ2) is 21.5. The average molecular weight is 756 g/mol. The Hall–Kier alpha value is -2.80. The SMILES string of the molecule is CCCCc1ccccc1-c1cccc2[cH-]c(CC(C)C)cc12.CCCCc1ccccc1-c1cccc2[cH-]c(CC(C)C)cc12.C[Si]C.[Zr+2]. The maximum absolute atomic E-state index is 2.40. The molecule has 0 saturated carbocycles. The van der Waals surface area contributed by atoms with Crippen LogP contribution >= 0.6 is 0 Å². The molecule has 6 aromatic rings. The van der Waals surface area contributed by atoms with Crippen molar-refractivity contribution in [2.24, 2.45) is 11.8 Å². The molecule has 6 aromatic carbocycles. The van der Waals surface area contributed by atoms with Gasteiger partial charge < -0.3 is 0 Å². The summed E-state index contributed by atoms with van der Waals surface area (Å²) in [6.45, 7) is 18.0. The first kappa shape index (κ1) is 41.6. The number of hydrogen-bond acceptors (Lipinski definition) is 0. The minimum Gasteiger partial charge on any atom is -0.164 e. The Balaban J connectivity index is 0.000000246. The van der Waals surface area contributed by atoms with Crippen LogP contribution in [0.3, 0.4) is 0 Å². The molecule has 0 aliphatic carbocycles. The number of fused-ring (bicyclic) bond motifs is 2. The average Bonchev–Trinajstić information content (AvgIpc) is 3.69. The molecule has 0 N–H and O–H groups in total. The molecule has 0 atom stereocenters. The van der Waals surface area contributed by atoms with E-state index in [2.05, 4.69) is 164 Å². The van der Waals surface area contributed by atoms with Crippen LogP contribution in [0.4, 0.5) is 0 Å². The molecule has 0 heterocycles. The Morgan fingerprint density at radius 2 is 0.880 bits per heavy atom. The fourth-order valence-corrected chi connectivity index (χ4v) is 6.98. The van der Waals surface area contributed by atoms with Crippen molar-refractivity contribution in [3.63, 3.8) is 0 Å². The van der Waals surface area contributed by atoms with Crippen molar-refractivity contribution in [3.8, 4) is 22.3 Å². The van der Waals surface area contributed by atoms with Crippen LogP contribution in [-0.4, -0.2) is 9.52 Å². The van der Waals surface area contributed by atoms with Gasteiger partial charge in [0.2, 0.25) is 0 Å². The first-order valence-electron chi connectivity index (χ1n) is 18.9. The molecule has 0 amide bonds. The summed E-state index contributed by atoms with van der Waals surface area (Å²) in [6, 6.07) is 40.8. The first-order chi connectivity index (χ1) is 23.8. The van der Waals surface area contributed by atoms with Gasteiger partial charge in [0.25, 0.3) is 0 Å². The molecule has 0 bridgehead atoms. The van der Waals surface area contributed by atoms with Crippen molar-refractivity contribution in [2.75, 3.05) is 0 Å². The van der Waals surface area contributed by atoms with E-state index in [1.54, 1.807) is 0 Å². The number of benzene rings is 4. The number of hydrogen-bond donors (Lipinski definition) is 0. The molecule has 0 nitrogen and oxygen atoms in total. The zero-order valence-corrected chi connectivity index (χ0v) is 35.7. The molecule has 0 aromatic heterocycles. The van der Waals surface area contributed by atoms with Gasteiger partial charge in [0.1, 0.15) is 0 Å². The van der Waals surface area contributed by atoms with Crippen LogP contribution in [0.15, 0.2) is 109 Å². The maximum atomic E-state index is 2.40. The van der Waals surface area contributed by atoms with E-state index in [0.717, 1.165) is 22.4 Å². The molecule has 0 saturated heterocycles. The standard InChI is InChI=1S/2C23H27.C2H6Si.Zr/c2*1-4-5-9-19-10-6-7-12-21(19)22-13-8-11-20-15-18(14-17(2)3)16-23(20)22;1-3-2;/h2*6-8,10-13,15-17H,4-5,9,14H2,1-3H3;1-2H3;/q2*-1;;+2. The fraction of sp³-hybridized carbons (Fsp3) is 0.375. The van der Waals surface area contributed by atoms with Crippen LogP contribution in [-0.2, 0) is 51.9 Å². The zero-order valence-electron chi connectivity index (χ0n) is 32.2. The molecule has 2 radical (unpaired) electrons. The van der Waals surface area contributed by atoms with Gasteiger partial charge in [0.15, 0.2) is 0 Å². The van der Waals surface area contributed by atoms with Gasteiger partial charge in [-0.15, -0.1) is 69.1 Å². The molecule has 6 rings (SSSR count). The molecule has 0 aliphatic heterocycles. The van der Waals surface area contributed by atoms with Gasteiger partial charge in [0.05, 0.1) is 0 Å². The van der Waals surface area contributed by atoms with Crippen molar-refractivity contribution in [1.82, 2.24) is 0 Å². The Morgan fingerprint density at radius 1 is 0.520 bits per heavy atom. The Bertz CT molecular complexity index is 1710. The van der Waals surface area contributed by atoms with Gasteiger partial charge in [-0.05, 0) is 72.6 Å². The number of unbranched alkanes of at least 4 members (excludes halogenated alkanes) is 2. The second-order valence-corrected chi connectivity index (χ2v) is 15.6. The van der Waals surface area contributed by atoms with Crippen LogP contribution < -0.4 is 0 Å². The largest absolute Gasteiger partial charge is 2.00 e. The summed E-state index contributed by atoms with van der Waals surface area (Å²) >= 11 is 0. The minimum absolute atomic E-state index is 0. The topological polar surface area (TPSA) is 0 Å². The molecule has 0 spiro atoms. The van der Waals surface area contributed by atoms with Gasteiger partial charge in [0, 0.05) is 9.52 Å². The smallest absolute Gasteiger partial charge is 0.164 e. The van der Waals surface area contributed by atoms with Crippen LogP contribution in [0.25, 0.3) is 43.8 Å². The third-order valence-electron chi connectivity index (χ3n) is 9.12. The Kier molecular flexibility index (Phi) is 17.9. The van der Waals surface area contributed by atoms with Gasteiger partial charge >= 0.3 is 26.2 Å². The molecule has 260 valence electrons. The molecule has 50 heavy (non-hydrogen) atoms. The van der Waals surface area contributed by atoms with Crippen molar-refractivity contribution in [3.05, 3.63) is 131 Å². The van der Waals surface area contributed by atoms with Crippen molar-refractivity contribution in [2.45, 2.75) is 106 Å². The van der Waals surface area contributed by atoms with E-state index in [0.29, 0.717) is 11.8 Å². The second-order valence-electron chi connectivity index (χ2n) is 14.6. The number of aryl methyl sites for hydroxylation is 2. The van der Waals surface area contributed by atoms with E-state index in [-0.39, 0.29) is 26.2 Å². The van der Waals surface area contributed by atoms with Crippen LogP contribution in [0.5, 0.6) is 0 Å². The molecular weight excluding hydrogens is 696 g/mol. The molecular formula is C48H60SiZr. The summed E-state index contributed by atoms with van der Waals surface area (Å²) < 4.78 is 0. The zero-order chi connectivity index (χ0) is 35.2. The molecule has 0 aliphatic rings. The molecule has 0 fully saturated rings. The van der Waals surface area contributed by atoms with E-state index in [9.17, 15) is 0 Å². The van der Waals surface area contributed by atoms with Crippen molar-refractivity contribution >= 4 is 31.1 Å². The van der Waals surface area contributed by atoms with Gasteiger partial charge in [-0.2, -0.15) is 12.1 Å². The third-order valence-corrected chi connectivity index (χ3v) is 9.12. The summed E-state index contributed by atoms with van der Waals surface area (Å²) in [4.78, 5) is 0. The molecule has 2 heteroatoms. The summed E-state index contributed by atoms with van der Waals surface area (Å²) in [5.41, 5.74) is 11.5. The first-order valence-corrected chi connectivity index (χ1v) is 20.9. The summed E-state index contributed by atoms with van der Waals surface area (Å²) in [6.07, 6.45) is 9.66. The monoisotopic (exact) mass is 754 g/mol. The predicted molar refractivity (Wildman–Crippen MR) is 222 cm³/mol. The van der Waals surface area contributed by atoms with Gasteiger partial charge in [-0.3, -0.25) is 0 Å². The van der Waals surface area contributed by atoms with E-state index < -0.39 is 0 Å². The van der Waals surface area contributed by atoms with E-state index in [1.807, 2.05) is 0 Å². The normalized spacial score (nSPS) is 10.9. The van der Waals surface area contributed by atoms with Crippen LogP contribution in [0.2, 0.25) is 13.1 Å². The molecule has 0 unspecified atom stereocenters. The van der Waals surface area contributed by atoms with Gasteiger partial charge in [-0.1, -0.05) is 139 Å². The Labute approximate surface area is 326 Å². The predicted octanol–water partition coefficient (Wildman–Crippen LogP) is 14.3. The Morgan fingerprint density at radius 3 is 1.24 bits per heavy atom. The number of rotatable bonds is 12. The van der Waals surface area contributed by atoms with Gasteiger partial charge in [-0.25, -0.2) is 0 Å². The fourth-order valence-electron chi connectivity index (χ4n) is 6.98. The van der Waals surface area contributed by atoms with Crippen LogP contribution in [0, 0.1) is 11.8 Å². The van der Waals surface area contributed by atoms with Crippen molar-refractivity contribution < 1.29 is 26.2 Å². The third kappa shape index (κ3) is 11.6. The van der Waals surface area contributed by atoms with E-state index >= 15 is 0 Å². The summed E-state index contributed by atoms with van der Waals surface area (Å²) in [7, 11) is 1.08. The van der Waals surface area contributed by atoms with E-state index in [4.69, 9.17) is 0 Å². The quantitative estimate of drug-likeness (QED) is 0.0862.